The summed E-state index contributed by atoms with van der Waals surface area (Å²) in [6.07, 6.45) is -9.60. The van der Waals surface area contributed by atoms with Crippen molar-refractivity contribution in [2.45, 2.75) is 139 Å². The topological polar surface area (TPSA) is 473 Å². The molecule has 3 aromatic heterocycles. The molecule has 82 heavy (non-hydrogen) atoms. The summed E-state index contributed by atoms with van der Waals surface area (Å²) < 4.78 is 71.3. The summed E-state index contributed by atoms with van der Waals surface area (Å²) in [7, 11) is -7.60. The number of nitrogens with zero attached hydrogens (tertiary/aromatic N) is 9. The van der Waals surface area contributed by atoms with Gasteiger partial charge in [-0.3, -0.25) is 27.5 Å². The fraction of sp³-hybridized carbons (Fsp3) is 0.578. The highest BCUT2D eigenvalue weighted by Crippen LogP contribution is 2.50. The Morgan fingerprint density at radius 2 is 1.65 bits per heavy atom. The molecule has 3 amide bonds. The Morgan fingerprint density at radius 1 is 0.939 bits per heavy atom. The number of rotatable bonds is 26. The number of hydrogen-bond acceptors (Lipinski definition) is 25. The average Bonchev–Trinajstić information content (AvgIpc) is 4.27. The summed E-state index contributed by atoms with van der Waals surface area (Å²) >= 11 is 0. The van der Waals surface area contributed by atoms with Gasteiger partial charge in [-0.1, -0.05) is 71.7 Å². The van der Waals surface area contributed by atoms with Gasteiger partial charge in [0.2, 0.25) is 5.91 Å². The molecule has 0 spiro atoms. The van der Waals surface area contributed by atoms with Crippen molar-refractivity contribution in [1.29, 1.82) is 0 Å². The zero-order valence-electron chi connectivity index (χ0n) is 45.0. The molecule has 2 aliphatic rings. The van der Waals surface area contributed by atoms with Gasteiger partial charge < -0.3 is 70.9 Å². The van der Waals surface area contributed by atoms with Crippen LogP contribution in [0.25, 0.3) is 21.6 Å². The lowest BCUT2D eigenvalue weighted by atomic mass is 10.1. The van der Waals surface area contributed by atoms with Gasteiger partial charge in [-0.2, -0.15) is 4.98 Å². The number of carbonyl (C=O) groups excluding carboxylic acids is 4. The second-order valence-electron chi connectivity index (χ2n) is 20.2. The van der Waals surface area contributed by atoms with Crippen LogP contribution in [0.15, 0.2) is 59.1 Å². The normalized spacial score (nSPS) is 21.6. The van der Waals surface area contributed by atoms with Gasteiger partial charge in [0.1, 0.15) is 72.6 Å². The molecule has 2 aliphatic heterocycles. The molecule has 2 saturated heterocycles. The molecule has 5 heterocycles. The zero-order valence-corrected chi connectivity index (χ0v) is 48.4. The molecule has 0 saturated carbocycles. The molecule has 2 fully saturated rings. The third-order valence-corrected chi connectivity index (χ3v) is 16.3. The number of unbranched alkanes of at least 4 members (excludes halogenated alkanes) is 1. The molecule has 4 aromatic rings. The quantitative estimate of drug-likeness (QED) is 0.00629. The molecule has 10 atom stereocenters. The van der Waals surface area contributed by atoms with Crippen LogP contribution in [-0.2, 0) is 62.6 Å². The van der Waals surface area contributed by atoms with E-state index in [0.29, 0.717) is 11.3 Å². The number of nitrogen functional groups attached to an aromatic ring is 2. The van der Waals surface area contributed by atoms with Gasteiger partial charge in [0.15, 0.2) is 23.8 Å². The van der Waals surface area contributed by atoms with Gasteiger partial charge >= 0.3 is 39.5 Å². The maximum atomic E-state index is 14.3. The molecule has 1 aromatic carbocycles. The van der Waals surface area contributed by atoms with E-state index in [1.807, 2.05) is 20.8 Å². The van der Waals surface area contributed by atoms with Gasteiger partial charge in [0, 0.05) is 40.3 Å². The SMILES string of the molecule is CC(C)(C)OC(=O)NC(CCCCNC(=O)[C@H](CSSC(C)(C)C)NC(=O)OCc1ccc(N=[N+]=[N-])cc1)C(=O)O[C@H]1[C@@H](O)[C@H](n2cnc3c(N)ncnc32)O[C@H]1COP(=O)(O)O[C@H]1C[C@H](n2ccc(N)nc2=O)O[C@@H]1COP(=O)(O)O. The van der Waals surface area contributed by atoms with Gasteiger partial charge in [0.05, 0.1) is 19.5 Å². The molecule has 33 nitrogen and oxygen atoms in total. The van der Waals surface area contributed by atoms with Crippen molar-refractivity contribution in [3.63, 3.8) is 0 Å². The van der Waals surface area contributed by atoms with E-state index in [1.165, 1.54) is 44.7 Å². The smallest absolute Gasteiger partial charge is 0.455 e. The summed E-state index contributed by atoms with van der Waals surface area (Å²) in [5, 5.41) is 23.3. The van der Waals surface area contributed by atoms with Crippen molar-refractivity contribution in [2.75, 3.05) is 37.0 Å². The predicted molar refractivity (Wildman–Crippen MR) is 292 cm³/mol. The predicted octanol–water partition coefficient (Wildman–Crippen LogP) is 3.91. The van der Waals surface area contributed by atoms with Gasteiger partial charge in [-0.05, 0) is 57.2 Å². The fourth-order valence-corrected chi connectivity index (χ4v) is 11.6. The van der Waals surface area contributed by atoms with Crippen molar-refractivity contribution in [2.24, 2.45) is 5.11 Å². The maximum absolute atomic E-state index is 14.3. The van der Waals surface area contributed by atoms with Crippen LogP contribution in [0, 0.1) is 0 Å². The minimum atomic E-state index is -5.33. The highest BCUT2D eigenvalue weighted by atomic mass is 33.1. The number of aliphatic hydroxyl groups excluding tert-OH is 1. The standard InChI is InChI=1S/C45H64N14O19P2S2/c1-44(2,3)77-43(65)53-26(9-7-8-15-49-38(61)27(21-81-82-45(4,5)6)54-42(64)71-18-24-10-12-25(13-11-24)56-57-48)40(62)76-35-30(75-39(34(35)60)59-23-52-33-36(47)50-22-51-37(33)59)20-73-80(69,70)78-28-17-32(58-16-14-31(46)55-41(58)63)74-29(28)19-72-79(66,67)68/h10-14,16,22-23,26-30,32,34-35,39,60H,7-9,15,17-21H2,1-6H3,(H,49,61)(H,53,65)(H,54,64)(H,69,70)(H2,46,55,63)(H2,47,50,51)(H2,66,67,68)/t26?,27-,28-,29+,30-,32+,34+,35+,39+/m0/s1. The Morgan fingerprint density at radius 3 is 2.32 bits per heavy atom. The van der Waals surface area contributed by atoms with Crippen molar-refractivity contribution in [3.05, 3.63) is 75.7 Å². The third kappa shape index (κ3) is 19.8. The lowest BCUT2D eigenvalue weighted by Gasteiger charge is -2.26. The first-order valence-corrected chi connectivity index (χ1v) is 30.3. The molecule has 6 rings (SSSR count). The highest BCUT2D eigenvalue weighted by molar-refractivity contribution is 8.77. The number of benzene rings is 1. The number of anilines is 2. The van der Waals surface area contributed by atoms with E-state index < -0.39 is 126 Å². The van der Waals surface area contributed by atoms with Crippen molar-refractivity contribution >= 4 is 89.8 Å². The highest BCUT2D eigenvalue weighted by Gasteiger charge is 2.50. The molecule has 0 aliphatic carbocycles. The summed E-state index contributed by atoms with van der Waals surface area (Å²) in [5.41, 5.74) is 19.5. The zero-order chi connectivity index (χ0) is 60.2. The summed E-state index contributed by atoms with van der Waals surface area (Å²) in [4.78, 5) is 115. The number of aromatic nitrogens is 6. The lowest BCUT2D eigenvalue weighted by molar-refractivity contribution is -0.159. The monoisotopic (exact) mass is 1230 g/mol. The Balaban J connectivity index is 1.15. The van der Waals surface area contributed by atoms with Crippen LogP contribution in [0.4, 0.5) is 26.9 Å². The number of nitrogens with two attached hydrogens (primary N) is 2. The van der Waals surface area contributed by atoms with Crippen LogP contribution < -0.4 is 33.1 Å². The number of fused-ring (bicyclic) bond motifs is 1. The van der Waals surface area contributed by atoms with E-state index in [0.717, 1.165) is 10.9 Å². The third-order valence-electron chi connectivity index (χ3n) is 11.5. The lowest BCUT2D eigenvalue weighted by Crippen LogP contribution is -2.48. The summed E-state index contributed by atoms with van der Waals surface area (Å²) in [6.45, 7) is 8.74. The Kier molecular flexibility index (Phi) is 22.5. The van der Waals surface area contributed by atoms with E-state index in [1.54, 1.807) is 45.0 Å². The molecular weight excluding hydrogens is 1170 g/mol. The minimum Gasteiger partial charge on any atom is -0.455 e. The number of alkyl carbamates (subject to hydrolysis) is 2. The van der Waals surface area contributed by atoms with Crippen LogP contribution >= 0.6 is 37.2 Å². The van der Waals surface area contributed by atoms with Crippen LogP contribution in [0.3, 0.4) is 0 Å². The van der Waals surface area contributed by atoms with Crippen molar-refractivity contribution in [1.82, 2.24) is 45.0 Å². The van der Waals surface area contributed by atoms with E-state index in [4.69, 9.17) is 49.7 Å². The number of hydrogen-bond donors (Lipinski definition) is 9. The van der Waals surface area contributed by atoms with Crippen molar-refractivity contribution < 1.29 is 85.4 Å². The number of amides is 3. The number of phosphoric ester groups is 2. The minimum absolute atomic E-state index is 0.0313. The molecule has 0 radical (unpaired) electrons. The number of esters is 1. The summed E-state index contributed by atoms with van der Waals surface area (Å²) in [6, 6.07) is 5.04. The number of azide groups is 1. The molecule has 37 heteroatoms. The van der Waals surface area contributed by atoms with E-state index in [9.17, 15) is 52.9 Å². The van der Waals surface area contributed by atoms with Gasteiger partial charge in [-0.15, -0.1) is 0 Å². The Hall–Kier alpha value is -6.16. The van der Waals surface area contributed by atoms with Crippen LogP contribution in [0.2, 0.25) is 0 Å². The largest absolute Gasteiger partial charge is 0.472 e. The first-order valence-electron chi connectivity index (χ1n) is 25.0. The van der Waals surface area contributed by atoms with E-state index in [-0.39, 0.29) is 65.7 Å². The Labute approximate surface area is 475 Å². The summed E-state index contributed by atoms with van der Waals surface area (Å²) in [5.74, 6) is -1.70. The number of imidazole rings is 1. The fourth-order valence-electron chi connectivity index (χ4n) is 7.83. The molecule has 11 N–H and O–H groups in total. The number of nitrogens with one attached hydrogen (secondary N) is 3. The van der Waals surface area contributed by atoms with Crippen molar-refractivity contribution in [3.8, 4) is 0 Å². The number of aliphatic hydroxyl groups is 1. The molecule has 2 unspecified atom stereocenters. The molecular formula is C45H64N14O19P2S2. The second-order valence-corrected chi connectivity index (χ2v) is 26.0. The number of phosphoric acid groups is 2. The number of ether oxygens (including phenoxy) is 5. The van der Waals surface area contributed by atoms with Crippen LogP contribution in [-0.4, -0.2) is 151 Å². The Bertz CT molecular complexity index is 3080. The molecule has 450 valence electrons. The van der Waals surface area contributed by atoms with E-state index >= 15 is 0 Å². The van der Waals surface area contributed by atoms with Crippen LogP contribution in [0.1, 0.15) is 85.2 Å². The maximum Gasteiger partial charge on any atom is 0.472 e. The second kappa shape index (κ2) is 28.4. The van der Waals surface area contributed by atoms with Gasteiger partial charge in [0.25, 0.3) is 0 Å². The first-order chi connectivity index (χ1) is 38.5. The van der Waals surface area contributed by atoms with Gasteiger partial charge in [-0.25, -0.2) is 43.3 Å². The number of carbonyl (C=O) groups is 4. The van der Waals surface area contributed by atoms with Crippen LogP contribution in [0.5, 0.6) is 0 Å². The molecule has 0 bridgehead atoms. The average molecular weight is 1230 g/mol. The van der Waals surface area contributed by atoms with E-state index in [2.05, 4.69) is 50.4 Å². The first kappa shape index (κ1) is 65.0.